The van der Waals surface area contributed by atoms with Crippen LogP contribution >= 0.6 is 0 Å². The molecule has 3 aromatic rings. The summed E-state index contributed by atoms with van der Waals surface area (Å²) in [5, 5.41) is 11.9. The molecule has 3 heteroatoms. The molecule has 132 valence electrons. The van der Waals surface area contributed by atoms with Gasteiger partial charge in [0.2, 0.25) is 5.91 Å². The third-order valence-electron chi connectivity index (χ3n) is 5.29. The predicted molar refractivity (Wildman–Crippen MR) is 104 cm³/mol. The number of carbonyl (C=O) groups excluding carboxylic acids is 1. The molecule has 0 saturated carbocycles. The monoisotopic (exact) mass is 345 g/mol. The molecule has 1 fully saturated rings. The highest BCUT2D eigenvalue weighted by atomic mass is 16.3. The molecule has 1 atom stereocenters. The maximum Gasteiger partial charge on any atom is 0.223 e. The van der Waals surface area contributed by atoms with E-state index in [0.29, 0.717) is 6.42 Å². The highest BCUT2D eigenvalue weighted by Gasteiger charge is 2.29. The topological polar surface area (TPSA) is 40.5 Å². The molecule has 1 saturated heterocycles. The van der Waals surface area contributed by atoms with Gasteiger partial charge in [0.05, 0.1) is 6.04 Å². The molecular weight excluding hydrogens is 322 g/mol. The lowest BCUT2D eigenvalue weighted by Gasteiger charge is -2.25. The summed E-state index contributed by atoms with van der Waals surface area (Å²) in [4.78, 5) is 14.8. The van der Waals surface area contributed by atoms with Gasteiger partial charge in [-0.2, -0.15) is 0 Å². The summed E-state index contributed by atoms with van der Waals surface area (Å²) >= 11 is 0. The second kappa shape index (κ2) is 7.20. The Morgan fingerprint density at radius 3 is 2.58 bits per heavy atom. The molecule has 0 radical (unpaired) electrons. The van der Waals surface area contributed by atoms with Gasteiger partial charge in [0.1, 0.15) is 5.75 Å². The van der Waals surface area contributed by atoms with Gasteiger partial charge in [0.25, 0.3) is 0 Å². The van der Waals surface area contributed by atoms with Crippen molar-refractivity contribution in [3.05, 3.63) is 77.9 Å². The van der Waals surface area contributed by atoms with E-state index >= 15 is 0 Å². The fourth-order valence-corrected chi connectivity index (χ4v) is 3.90. The van der Waals surface area contributed by atoms with E-state index in [-0.39, 0.29) is 17.7 Å². The van der Waals surface area contributed by atoms with E-state index in [2.05, 4.69) is 30.3 Å². The van der Waals surface area contributed by atoms with Gasteiger partial charge < -0.3 is 10.0 Å². The summed E-state index contributed by atoms with van der Waals surface area (Å²) in [6.07, 6.45) is 3.33. The number of likely N-dealkylation sites (tertiary alicyclic amines) is 1. The summed E-state index contributed by atoms with van der Waals surface area (Å²) in [5.74, 6) is 0.481. The molecule has 0 unspecified atom stereocenters. The fraction of sp³-hybridized carbons (Fsp3) is 0.261. The van der Waals surface area contributed by atoms with Crippen LogP contribution in [0.3, 0.4) is 0 Å². The van der Waals surface area contributed by atoms with E-state index in [9.17, 15) is 9.90 Å². The standard InChI is InChI=1S/C23H23NO2/c25-21-12-10-19(11-13-21)22-6-3-15-24(22)23(26)14-8-17-7-9-18-4-1-2-5-20(18)16-17/h1-2,4-5,7,9-13,16,22,25H,3,6,8,14-15H2/t22-/m0/s1. The van der Waals surface area contributed by atoms with Crippen molar-refractivity contribution in [1.29, 1.82) is 0 Å². The SMILES string of the molecule is O=C(CCc1ccc2ccccc2c1)N1CCC[C@H]1c1ccc(O)cc1. The quantitative estimate of drug-likeness (QED) is 0.735. The minimum atomic E-state index is 0.139. The molecular formula is C23H23NO2. The largest absolute Gasteiger partial charge is 0.508 e. The minimum Gasteiger partial charge on any atom is -0.508 e. The van der Waals surface area contributed by atoms with Crippen LogP contribution in [0.4, 0.5) is 0 Å². The average molecular weight is 345 g/mol. The van der Waals surface area contributed by atoms with Crippen LogP contribution in [0.25, 0.3) is 10.8 Å². The zero-order chi connectivity index (χ0) is 17.9. The molecule has 0 aromatic heterocycles. The second-order valence-corrected chi connectivity index (χ2v) is 7.02. The predicted octanol–water partition coefficient (Wildman–Crippen LogP) is 4.84. The summed E-state index contributed by atoms with van der Waals surface area (Å²) in [5.41, 5.74) is 2.32. The van der Waals surface area contributed by atoms with E-state index < -0.39 is 0 Å². The van der Waals surface area contributed by atoms with Crippen LogP contribution in [0.15, 0.2) is 66.7 Å². The van der Waals surface area contributed by atoms with Crippen LogP contribution in [0.2, 0.25) is 0 Å². The number of carbonyl (C=O) groups is 1. The number of hydrogen-bond donors (Lipinski definition) is 1. The summed E-state index contributed by atoms with van der Waals surface area (Å²) in [7, 11) is 0. The van der Waals surface area contributed by atoms with Gasteiger partial charge in [0.15, 0.2) is 0 Å². The molecule has 3 aromatic carbocycles. The van der Waals surface area contributed by atoms with Crippen LogP contribution in [-0.2, 0) is 11.2 Å². The molecule has 0 spiro atoms. The van der Waals surface area contributed by atoms with Crippen molar-refractivity contribution < 1.29 is 9.90 Å². The van der Waals surface area contributed by atoms with Crippen molar-refractivity contribution in [2.75, 3.05) is 6.54 Å². The van der Waals surface area contributed by atoms with Gasteiger partial charge in [0, 0.05) is 13.0 Å². The van der Waals surface area contributed by atoms with E-state index in [1.54, 1.807) is 12.1 Å². The van der Waals surface area contributed by atoms with E-state index in [1.165, 1.54) is 16.3 Å². The lowest BCUT2D eigenvalue weighted by Crippen LogP contribution is -2.30. The summed E-state index contributed by atoms with van der Waals surface area (Å²) in [6, 6.07) is 22.1. The van der Waals surface area contributed by atoms with Gasteiger partial charge in [-0.25, -0.2) is 0 Å². The highest BCUT2D eigenvalue weighted by molar-refractivity contribution is 5.83. The maximum atomic E-state index is 12.8. The molecule has 0 bridgehead atoms. The zero-order valence-electron chi connectivity index (χ0n) is 14.8. The van der Waals surface area contributed by atoms with Gasteiger partial charge in [-0.15, -0.1) is 0 Å². The van der Waals surface area contributed by atoms with E-state index in [4.69, 9.17) is 0 Å². The average Bonchev–Trinajstić information content (AvgIpc) is 3.16. The molecule has 0 aliphatic carbocycles. The molecule has 3 nitrogen and oxygen atoms in total. The first-order valence-electron chi connectivity index (χ1n) is 9.27. The zero-order valence-corrected chi connectivity index (χ0v) is 14.8. The van der Waals surface area contributed by atoms with Crippen LogP contribution in [0, 0.1) is 0 Å². The lowest BCUT2D eigenvalue weighted by atomic mass is 10.0. The first-order valence-corrected chi connectivity index (χ1v) is 9.27. The first kappa shape index (κ1) is 16.6. The van der Waals surface area contributed by atoms with Crippen molar-refractivity contribution in [2.45, 2.75) is 31.7 Å². The molecule has 1 aliphatic rings. The third-order valence-corrected chi connectivity index (χ3v) is 5.29. The Kier molecular flexibility index (Phi) is 4.61. The molecule has 1 amide bonds. The molecule has 1 N–H and O–H groups in total. The number of benzene rings is 3. The summed E-state index contributed by atoms with van der Waals surface area (Å²) < 4.78 is 0. The van der Waals surface area contributed by atoms with Gasteiger partial charge in [-0.05, 0) is 53.3 Å². The van der Waals surface area contributed by atoms with Crippen molar-refractivity contribution in [3.8, 4) is 5.75 Å². The smallest absolute Gasteiger partial charge is 0.223 e. The second-order valence-electron chi connectivity index (χ2n) is 7.02. The number of phenolic OH excluding ortho intramolecular Hbond substituents is 1. The van der Waals surface area contributed by atoms with Crippen LogP contribution in [0.5, 0.6) is 5.75 Å². The molecule has 1 heterocycles. The van der Waals surface area contributed by atoms with E-state index in [0.717, 1.165) is 31.4 Å². The Bertz CT molecular complexity index is 917. The number of rotatable bonds is 4. The number of aromatic hydroxyl groups is 1. The number of hydrogen-bond acceptors (Lipinski definition) is 2. The number of amides is 1. The first-order chi connectivity index (χ1) is 12.7. The number of nitrogens with zero attached hydrogens (tertiary/aromatic N) is 1. The maximum absolute atomic E-state index is 12.8. The molecule has 26 heavy (non-hydrogen) atoms. The van der Waals surface area contributed by atoms with Crippen LogP contribution < -0.4 is 0 Å². The van der Waals surface area contributed by atoms with Crippen LogP contribution in [-0.4, -0.2) is 22.5 Å². The molecule has 4 rings (SSSR count). The van der Waals surface area contributed by atoms with Crippen molar-refractivity contribution >= 4 is 16.7 Å². The highest BCUT2D eigenvalue weighted by Crippen LogP contribution is 2.33. The Morgan fingerprint density at radius 2 is 1.77 bits per heavy atom. The number of phenols is 1. The number of fused-ring (bicyclic) bond motifs is 1. The fourth-order valence-electron chi connectivity index (χ4n) is 3.90. The Morgan fingerprint density at radius 1 is 1.00 bits per heavy atom. The third kappa shape index (κ3) is 3.43. The normalized spacial score (nSPS) is 16.9. The van der Waals surface area contributed by atoms with Crippen molar-refractivity contribution in [3.63, 3.8) is 0 Å². The van der Waals surface area contributed by atoms with Crippen LogP contribution in [0.1, 0.15) is 36.4 Å². The van der Waals surface area contributed by atoms with Gasteiger partial charge in [-0.1, -0.05) is 54.6 Å². The van der Waals surface area contributed by atoms with Gasteiger partial charge >= 0.3 is 0 Å². The molecule has 1 aliphatic heterocycles. The van der Waals surface area contributed by atoms with Crippen molar-refractivity contribution in [2.24, 2.45) is 0 Å². The van der Waals surface area contributed by atoms with Crippen molar-refractivity contribution in [1.82, 2.24) is 4.90 Å². The number of aryl methyl sites for hydroxylation is 1. The van der Waals surface area contributed by atoms with E-state index in [1.807, 2.05) is 29.2 Å². The Balaban J connectivity index is 1.44. The Hall–Kier alpha value is -2.81. The summed E-state index contributed by atoms with van der Waals surface area (Å²) in [6.45, 7) is 0.822. The Labute approximate surface area is 153 Å². The van der Waals surface area contributed by atoms with Gasteiger partial charge in [-0.3, -0.25) is 4.79 Å². The minimum absolute atomic E-state index is 0.139. The lowest BCUT2D eigenvalue weighted by molar-refractivity contribution is -0.132.